The van der Waals surface area contributed by atoms with Crippen LogP contribution in [-0.4, -0.2) is 58.3 Å². The van der Waals surface area contributed by atoms with Crippen molar-refractivity contribution in [2.45, 2.75) is 19.9 Å². The second kappa shape index (κ2) is 10.6. The molecule has 8 nitrogen and oxygen atoms in total. The van der Waals surface area contributed by atoms with Crippen molar-refractivity contribution in [1.82, 2.24) is 19.1 Å². The lowest BCUT2D eigenvalue weighted by atomic mass is 10.2. The summed E-state index contributed by atoms with van der Waals surface area (Å²) < 4.78 is 31.1. The molecule has 1 aromatic heterocycles. The van der Waals surface area contributed by atoms with E-state index in [1.807, 2.05) is 14.0 Å². The van der Waals surface area contributed by atoms with E-state index < -0.39 is 7.36 Å². The van der Waals surface area contributed by atoms with Crippen LogP contribution in [0.25, 0.3) is 0 Å². The molecule has 2 aliphatic rings. The number of nitriles is 1. The molecule has 0 amide bonds. The average Bonchev–Trinajstić information content (AvgIpc) is 3.22. The largest absolute Gasteiger partial charge is 0.379 e. The van der Waals surface area contributed by atoms with Crippen LogP contribution in [0.5, 0.6) is 0 Å². The summed E-state index contributed by atoms with van der Waals surface area (Å²) in [7, 11) is -0.900. The van der Waals surface area contributed by atoms with Crippen molar-refractivity contribution in [2.24, 2.45) is 9.74 Å². The minimum absolute atomic E-state index is 0.279. The maximum atomic E-state index is 13.9. The number of aromatic nitrogens is 2. The number of nitrogens with zero attached hydrogens (tertiary/aromatic N) is 7. The third-order valence-electron chi connectivity index (χ3n) is 6.40. The molecule has 1 fully saturated rings. The van der Waals surface area contributed by atoms with Crippen LogP contribution in [0.15, 0.2) is 52.2 Å². The normalized spacial score (nSPS) is 19.8. The van der Waals surface area contributed by atoms with E-state index in [0.29, 0.717) is 60.2 Å². The maximum absolute atomic E-state index is 13.9. The number of halogens is 3. The number of aryl methyl sites for hydroxylation is 2. The van der Waals surface area contributed by atoms with Gasteiger partial charge in [0.2, 0.25) is 0 Å². The van der Waals surface area contributed by atoms with Crippen molar-refractivity contribution < 1.29 is 9.13 Å². The molecule has 0 N–H and O–H groups in total. The first kappa shape index (κ1) is 25.9. The molecule has 1 atom stereocenters. The van der Waals surface area contributed by atoms with Gasteiger partial charge in [-0.25, -0.2) is 23.5 Å². The molecule has 5 rings (SSSR count). The average molecular weight is 560 g/mol. The predicted octanol–water partition coefficient (Wildman–Crippen LogP) is 5.90. The Balaban J connectivity index is 1.88. The Morgan fingerprint density at radius 1 is 1.14 bits per heavy atom. The van der Waals surface area contributed by atoms with E-state index in [9.17, 15) is 9.65 Å². The van der Waals surface area contributed by atoms with Crippen LogP contribution < -0.4 is 5.30 Å². The molecule has 0 bridgehead atoms. The van der Waals surface area contributed by atoms with Crippen LogP contribution in [0.1, 0.15) is 17.7 Å². The molecular weight excluding hydrogens is 535 g/mol. The Hall–Kier alpha value is -2.73. The van der Waals surface area contributed by atoms with E-state index in [0.717, 1.165) is 16.6 Å². The highest BCUT2D eigenvalue weighted by Crippen LogP contribution is 2.62. The fourth-order valence-electron chi connectivity index (χ4n) is 4.71. The quantitative estimate of drug-likeness (QED) is 0.364. The lowest BCUT2D eigenvalue weighted by Crippen LogP contribution is -2.45. The first-order valence-electron chi connectivity index (χ1n) is 11.8. The van der Waals surface area contributed by atoms with E-state index in [1.165, 1.54) is 12.1 Å². The van der Waals surface area contributed by atoms with Crippen molar-refractivity contribution in [2.75, 3.05) is 33.4 Å². The van der Waals surface area contributed by atoms with Gasteiger partial charge < -0.3 is 9.41 Å². The van der Waals surface area contributed by atoms with Gasteiger partial charge in [0.25, 0.3) is 0 Å². The van der Waals surface area contributed by atoms with Crippen molar-refractivity contribution in [1.29, 1.82) is 5.26 Å². The van der Waals surface area contributed by atoms with Gasteiger partial charge >= 0.3 is 0 Å². The summed E-state index contributed by atoms with van der Waals surface area (Å²) in [6.45, 7) is 4.66. The second-order valence-corrected chi connectivity index (χ2v) is 12.4. The molecule has 0 saturated carbocycles. The second-order valence-electron chi connectivity index (χ2n) is 8.66. The molecule has 12 heteroatoms. The fraction of sp³-hybridized carbons (Fsp3) is 0.320. The first-order valence-corrected chi connectivity index (χ1v) is 14.2. The molecule has 3 heterocycles. The molecule has 1 saturated heterocycles. The third kappa shape index (κ3) is 4.58. The third-order valence-corrected chi connectivity index (χ3v) is 10.8. The Morgan fingerprint density at radius 3 is 2.46 bits per heavy atom. The molecule has 2 aliphatic heterocycles. The number of amidine groups is 1. The summed E-state index contributed by atoms with van der Waals surface area (Å²) in [6, 6.07) is 13.7. The molecule has 3 aromatic rings. The summed E-state index contributed by atoms with van der Waals surface area (Å²) in [5.74, 6) is 0.925. The summed E-state index contributed by atoms with van der Waals surface area (Å²) in [5.41, 5.74) is 2.00. The SMILES string of the molecule is Cc1nn(CCC#N)c2c1P(=Nc1c(Cl)cccc1Cl)(N1CCOCC1)N(C)C(c1ccc(F)cc1)=N2. The summed E-state index contributed by atoms with van der Waals surface area (Å²) in [4.78, 5) is 5.03. The summed E-state index contributed by atoms with van der Waals surface area (Å²) in [5, 5.41) is 15.8. The van der Waals surface area contributed by atoms with Gasteiger partial charge in [-0.05, 0) is 43.3 Å². The Morgan fingerprint density at radius 2 is 1.81 bits per heavy atom. The van der Waals surface area contributed by atoms with Gasteiger partial charge in [-0.2, -0.15) is 10.4 Å². The minimum Gasteiger partial charge on any atom is -0.379 e. The highest BCUT2D eigenvalue weighted by atomic mass is 35.5. The van der Waals surface area contributed by atoms with Crippen LogP contribution in [0, 0.1) is 24.1 Å². The van der Waals surface area contributed by atoms with Gasteiger partial charge in [0.05, 0.1) is 53.3 Å². The lowest BCUT2D eigenvalue weighted by Gasteiger charge is -2.46. The monoisotopic (exact) mass is 559 g/mol. The van der Waals surface area contributed by atoms with E-state index in [2.05, 4.69) is 15.4 Å². The number of hydrogen-bond acceptors (Lipinski definition) is 5. The zero-order chi connectivity index (χ0) is 26.2. The van der Waals surface area contributed by atoms with Crippen LogP contribution in [0.4, 0.5) is 15.9 Å². The Bertz CT molecular complexity index is 1440. The topological polar surface area (TPSA) is 82.0 Å². The highest BCUT2D eigenvalue weighted by molar-refractivity contribution is 7.70. The molecule has 2 aromatic carbocycles. The van der Waals surface area contributed by atoms with Crippen LogP contribution in [0.3, 0.4) is 0 Å². The molecule has 0 radical (unpaired) electrons. The lowest BCUT2D eigenvalue weighted by molar-refractivity contribution is 0.0732. The van der Waals surface area contributed by atoms with Crippen molar-refractivity contribution in [3.63, 3.8) is 0 Å². The van der Waals surface area contributed by atoms with Gasteiger partial charge in [0.1, 0.15) is 17.3 Å². The Labute approximate surface area is 225 Å². The molecule has 37 heavy (non-hydrogen) atoms. The van der Waals surface area contributed by atoms with Crippen LogP contribution in [0.2, 0.25) is 10.0 Å². The van der Waals surface area contributed by atoms with Crippen molar-refractivity contribution >= 4 is 53.2 Å². The van der Waals surface area contributed by atoms with E-state index in [-0.39, 0.29) is 12.2 Å². The maximum Gasteiger partial charge on any atom is 0.165 e. The minimum atomic E-state index is -2.85. The molecule has 0 spiro atoms. The summed E-state index contributed by atoms with van der Waals surface area (Å²) >= 11 is 13.3. The Kier molecular flexibility index (Phi) is 7.39. The van der Waals surface area contributed by atoms with Crippen molar-refractivity contribution in [3.05, 3.63) is 69.6 Å². The molecule has 1 unspecified atom stereocenters. The fourth-order valence-corrected chi connectivity index (χ4v) is 9.18. The van der Waals surface area contributed by atoms with Gasteiger partial charge in [-0.3, -0.25) is 0 Å². The van der Waals surface area contributed by atoms with E-state index in [4.69, 9.17) is 42.8 Å². The smallest absolute Gasteiger partial charge is 0.165 e. The molecule has 192 valence electrons. The number of ether oxygens (including phenoxy) is 1. The first-order chi connectivity index (χ1) is 17.9. The number of morpholine rings is 1. The van der Waals surface area contributed by atoms with Gasteiger partial charge in [0.15, 0.2) is 13.2 Å². The standard InChI is InChI=1S/C25H25Cl2FN7OP/c1-17-23-25(35(31-17)12-4-11-29)30-24(18-7-9-19(28)10-8-18)33(2)37(23,34-13-15-36-16-14-34)32-22-20(26)5-3-6-21(22)27/h3,5-10H,4,12-16H2,1-2H3. The number of aliphatic imine (C=N–C) groups is 1. The van der Waals surface area contributed by atoms with Crippen LogP contribution in [-0.2, 0) is 11.3 Å². The number of benzene rings is 2. The summed E-state index contributed by atoms with van der Waals surface area (Å²) in [6.07, 6.45) is 0.279. The zero-order valence-corrected chi connectivity index (χ0v) is 22.8. The zero-order valence-electron chi connectivity index (χ0n) is 20.4. The number of fused-ring (bicyclic) bond motifs is 1. The molecular formula is C25H25Cl2FN7OP. The molecule has 0 aliphatic carbocycles. The van der Waals surface area contributed by atoms with Gasteiger partial charge in [0, 0.05) is 25.7 Å². The number of hydrogen-bond donors (Lipinski definition) is 0. The number of rotatable bonds is 5. The van der Waals surface area contributed by atoms with Crippen LogP contribution >= 0.6 is 30.6 Å². The predicted molar refractivity (Wildman–Crippen MR) is 145 cm³/mol. The highest BCUT2D eigenvalue weighted by Gasteiger charge is 2.45. The van der Waals surface area contributed by atoms with Gasteiger partial charge in [-0.1, -0.05) is 29.3 Å². The van der Waals surface area contributed by atoms with E-state index in [1.54, 1.807) is 35.0 Å². The van der Waals surface area contributed by atoms with E-state index >= 15 is 0 Å². The van der Waals surface area contributed by atoms with Gasteiger partial charge in [-0.15, -0.1) is 0 Å². The van der Waals surface area contributed by atoms with Crippen molar-refractivity contribution in [3.8, 4) is 6.07 Å².